The SMILES string of the molecule is CCCN(C(=N)N)S(=O)(=O)c1c(C)cc(C)cc1C. The zero-order valence-electron chi connectivity index (χ0n) is 11.8. The minimum absolute atomic E-state index is 0.213. The third-order valence-corrected chi connectivity index (χ3v) is 4.97. The molecule has 0 unspecified atom stereocenters. The second-order valence-electron chi connectivity index (χ2n) is 4.69. The van der Waals surface area contributed by atoms with E-state index >= 15 is 0 Å². The predicted molar refractivity (Wildman–Crippen MR) is 76.7 cm³/mol. The van der Waals surface area contributed by atoms with Crippen molar-refractivity contribution in [3.05, 3.63) is 28.8 Å². The van der Waals surface area contributed by atoms with Crippen molar-refractivity contribution < 1.29 is 8.42 Å². The van der Waals surface area contributed by atoms with Crippen LogP contribution in [0, 0.1) is 26.2 Å². The predicted octanol–water partition coefficient (Wildman–Crippen LogP) is 1.91. The van der Waals surface area contributed by atoms with Gasteiger partial charge in [0.1, 0.15) is 0 Å². The maximum absolute atomic E-state index is 12.6. The van der Waals surface area contributed by atoms with Crippen LogP contribution in [0.5, 0.6) is 0 Å². The van der Waals surface area contributed by atoms with Gasteiger partial charge in [-0.3, -0.25) is 5.41 Å². The van der Waals surface area contributed by atoms with Gasteiger partial charge in [0.05, 0.1) is 4.90 Å². The van der Waals surface area contributed by atoms with E-state index in [1.165, 1.54) is 0 Å². The number of guanidine groups is 1. The number of rotatable bonds is 4. The molecule has 0 saturated heterocycles. The molecule has 1 aromatic rings. The number of aryl methyl sites for hydroxylation is 3. The Labute approximate surface area is 115 Å². The zero-order valence-corrected chi connectivity index (χ0v) is 12.6. The maximum Gasteiger partial charge on any atom is 0.267 e. The molecule has 6 heteroatoms. The second kappa shape index (κ2) is 5.61. The summed E-state index contributed by atoms with van der Waals surface area (Å²) in [6.07, 6.45) is 0.600. The Balaban J connectivity index is 3.46. The molecule has 1 aromatic carbocycles. The van der Waals surface area contributed by atoms with Crippen LogP contribution in [0.2, 0.25) is 0 Å². The van der Waals surface area contributed by atoms with Crippen molar-refractivity contribution in [3.8, 4) is 0 Å². The van der Waals surface area contributed by atoms with E-state index in [4.69, 9.17) is 11.1 Å². The highest BCUT2D eigenvalue weighted by Gasteiger charge is 2.28. The van der Waals surface area contributed by atoms with Crippen LogP contribution in [0.1, 0.15) is 30.0 Å². The number of benzene rings is 1. The summed E-state index contributed by atoms with van der Waals surface area (Å²) in [6, 6.07) is 3.65. The lowest BCUT2D eigenvalue weighted by molar-refractivity contribution is 0.513. The Bertz CT molecular complexity index is 571. The molecule has 0 aliphatic carbocycles. The van der Waals surface area contributed by atoms with Gasteiger partial charge in [-0.2, -0.15) is 0 Å². The largest absolute Gasteiger partial charge is 0.369 e. The first kappa shape index (κ1) is 15.5. The Morgan fingerprint density at radius 3 is 2.11 bits per heavy atom. The molecule has 5 nitrogen and oxygen atoms in total. The third-order valence-electron chi connectivity index (χ3n) is 2.85. The zero-order chi connectivity index (χ0) is 14.8. The van der Waals surface area contributed by atoms with Crippen LogP contribution in [0.25, 0.3) is 0 Å². The molecule has 3 N–H and O–H groups in total. The molecule has 0 fully saturated rings. The maximum atomic E-state index is 12.6. The summed E-state index contributed by atoms with van der Waals surface area (Å²) in [6.45, 7) is 7.50. The summed E-state index contributed by atoms with van der Waals surface area (Å²) in [5, 5.41) is 7.47. The van der Waals surface area contributed by atoms with Crippen molar-refractivity contribution in [2.75, 3.05) is 6.54 Å². The molecule has 0 amide bonds. The lowest BCUT2D eigenvalue weighted by Crippen LogP contribution is -2.42. The van der Waals surface area contributed by atoms with Crippen LogP contribution in [-0.4, -0.2) is 25.2 Å². The van der Waals surface area contributed by atoms with Gasteiger partial charge in [-0.05, 0) is 38.3 Å². The lowest BCUT2D eigenvalue weighted by atomic mass is 10.1. The van der Waals surface area contributed by atoms with Crippen LogP contribution in [0.3, 0.4) is 0 Å². The van der Waals surface area contributed by atoms with E-state index in [0.29, 0.717) is 17.5 Å². The van der Waals surface area contributed by atoms with E-state index < -0.39 is 16.0 Å². The van der Waals surface area contributed by atoms with Crippen LogP contribution in [-0.2, 0) is 10.0 Å². The molecule has 0 heterocycles. The standard InChI is InChI=1S/C13H21N3O2S/c1-5-6-16(13(14)15)19(17,18)12-10(3)7-9(2)8-11(12)4/h7-8H,5-6H2,1-4H3,(H3,14,15). The molecule has 0 radical (unpaired) electrons. The molecular formula is C13H21N3O2S. The fourth-order valence-corrected chi connectivity index (χ4v) is 4.09. The highest BCUT2D eigenvalue weighted by atomic mass is 32.2. The number of hydrogen-bond donors (Lipinski definition) is 2. The fourth-order valence-electron chi connectivity index (χ4n) is 2.26. The Hall–Kier alpha value is -1.56. The minimum atomic E-state index is -3.76. The number of nitrogens with one attached hydrogen (secondary N) is 1. The first-order valence-corrected chi connectivity index (χ1v) is 7.60. The number of hydrogen-bond acceptors (Lipinski definition) is 3. The molecule has 0 aliphatic rings. The Kier molecular flexibility index (Phi) is 4.57. The quantitative estimate of drug-likeness (QED) is 0.653. The molecule has 0 aliphatic heterocycles. The van der Waals surface area contributed by atoms with Crippen molar-refractivity contribution in [3.63, 3.8) is 0 Å². The smallest absolute Gasteiger partial charge is 0.267 e. The van der Waals surface area contributed by atoms with E-state index in [0.717, 1.165) is 9.87 Å². The summed E-state index contributed by atoms with van der Waals surface area (Å²) in [5.74, 6) is -0.443. The first-order valence-electron chi connectivity index (χ1n) is 6.16. The van der Waals surface area contributed by atoms with Gasteiger partial charge in [0.15, 0.2) is 0 Å². The van der Waals surface area contributed by atoms with E-state index in [9.17, 15) is 8.42 Å². The van der Waals surface area contributed by atoms with Gasteiger partial charge in [-0.1, -0.05) is 24.6 Å². The molecule has 0 atom stereocenters. The fraction of sp³-hybridized carbons (Fsp3) is 0.462. The normalized spacial score (nSPS) is 11.4. The lowest BCUT2D eigenvalue weighted by Gasteiger charge is -2.24. The van der Waals surface area contributed by atoms with E-state index in [1.807, 2.05) is 26.0 Å². The van der Waals surface area contributed by atoms with Gasteiger partial charge in [0, 0.05) is 6.54 Å². The van der Waals surface area contributed by atoms with Gasteiger partial charge in [-0.15, -0.1) is 0 Å². The van der Waals surface area contributed by atoms with Crippen LogP contribution < -0.4 is 5.73 Å². The molecule has 0 aromatic heterocycles. The summed E-state index contributed by atoms with van der Waals surface area (Å²) in [5.41, 5.74) is 7.78. The van der Waals surface area contributed by atoms with Gasteiger partial charge < -0.3 is 5.73 Å². The number of nitrogens with zero attached hydrogens (tertiary/aromatic N) is 1. The first-order chi connectivity index (χ1) is 8.71. The number of sulfonamides is 1. The number of nitrogens with two attached hydrogens (primary N) is 1. The van der Waals surface area contributed by atoms with E-state index in [2.05, 4.69) is 0 Å². The van der Waals surface area contributed by atoms with Gasteiger partial charge >= 0.3 is 0 Å². The van der Waals surface area contributed by atoms with Crippen molar-refractivity contribution in [2.24, 2.45) is 5.73 Å². The van der Waals surface area contributed by atoms with Crippen molar-refractivity contribution >= 4 is 16.0 Å². The molecule has 19 heavy (non-hydrogen) atoms. The molecule has 0 spiro atoms. The Morgan fingerprint density at radius 1 is 1.26 bits per heavy atom. The average Bonchev–Trinajstić information content (AvgIpc) is 2.22. The van der Waals surface area contributed by atoms with Gasteiger partial charge in [0.2, 0.25) is 5.96 Å². The van der Waals surface area contributed by atoms with Crippen molar-refractivity contribution in [2.45, 2.75) is 39.0 Å². The van der Waals surface area contributed by atoms with Gasteiger partial charge in [-0.25, -0.2) is 12.7 Å². The summed E-state index contributed by atoms with van der Waals surface area (Å²) in [4.78, 5) is 0.252. The van der Waals surface area contributed by atoms with Crippen LogP contribution in [0.15, 0.2) is 17.0 Å². The van der Waals surface area contributed by atoms with Crippen molar-refractivity contribution in [1.82, 2.24) is 4.31 Å². The molecule has 1 rings (SSSR count). The van der Waals surface area contributed by atoms with Gasteiger partial charge in [0.25, 0.3) is 10.0 Å². The average molecular weight is 283 g/mol. The highest BCUT2D eigenvalue weighted by molar-refractivity contribution is 7.89. The van der Waals surface area contributed by atoms with Crippen molar-refractivity contribution in [1.29, 1.82) is 5.41 Å². The van der Waals surface area contributed by atoms with E-state index in [-0.39, 0.29) is 11.4 Å². The van der Waals surface area contributed by atoms with Crippen LogP contribution >= 0.6 is 0 Å². The van der Waals surface area contributed by atoms with E-state index in [1.54, 1.807) is 13.8 Å². The summed E-state index contributed by atoms with van der Waals surface area (Å²) in [7, 11) is -3.76. The third kappa shape index (κ3) is 3.07. The molecule has 106 valence electrons. The molecule has 0 saturated carbocycles. The highest BCUT2D eigenvalue weighted by Crippen LogP contribution is 2.25. The Morgan fingerprint density at radius 2 is 1.74 bits per heavy atom. The molecular weight excluding hydrogens is 262 g/mol. The minimum Gasteiger partial charge on any atom is -0.369 e. The second-order valence-corrected chi connectivity index (χ2v) is 6.49. The molecule has 0 bridgehead atoms. The summed E-state index contributed by atoms with van der Waals surface area (Å²) < 4.78 is 26.2. The van der Waals surface area contributed by atoms with Crippen LogP contribution in [0.4, 0.5) is 0 Å². The topological polar surface area (TPSA) is 87.2 Å². The monoisotopic (exact) mass is 283 g/mol. The summed E-state index contributed by atoms with van der Waals surface area (Å²) >= 11 is 0.